The Morgan fingerprint density at radius 2 is 1.96 bits per heavy atom. The van der Waals surface area contributed by atoms with Gasteiger partial charge in [-0.2, -0.15) is 0 Å². The molecule has 0 amide bonds. The molecule has 1 aromatic carbocycles. The molecule has 0 unspecified atom stereocenters. The molecule has 1 fully saturated rings. The molecule has 2 rings (SSSR count). The predicted molar refractivity (Wildman–Crippen MR) is 110 cm³/mol. The van der Waals surface area contributed by atoms with Crippen molar-refractivity contribution in [3.8, 4) is 0 Å². The average Bonchev–Trinajstić information content (AvgIpc) is 2.65. The molecule has 6 heteroatoms. The van der Waals surface area contributed by atoms with Crippen LogP contribution in [0.1, 0.15) is 32.3 Å². The number of ether oxygens (including phenoxy) is 1. The Morgan fingerprint density at radius 3 is 2.58 bits per heavy atom. The van der Waals surface area contributed by atoms with Crippen molar-refractivity contribution in [1.82, 2.24) is 15.5 Å². The van der Waals surface area contributed by atoms with Crippen LogP contribution in [0.5, 0.6) is 0 Å². The molecule has 26 heavy (non-hydrogen) atoms. The normalized spacial score (nSPS) is 17.3. The highest BCUT2D eigenvalue weighted by atomic mass is 35.5. The van der Waals surface area contributed by atoms with E-state index in [4.69, 9.17) is 16.3 Å². The van der Waals surface area contributed by atoms with E-state index in [1.54, 1.807) is 14.2 Å². The number of benzene rings is 1. The van der Waals surface area contributed by atoms with Gasteiger partial charge in [0.1, 0.15) is 0 Å². The second-order valence-electron chi connectivity index (χ2n) is 7.58. The maximum absolute atomic E-state index is 6.28. The molecule has 2 N–H and O–H groups in total. The molecule has 0 aliphatic carbocycles. The second-order valence-corrected chi connectivity index (χ2v) is 7.99. The van der Waals surface area contributed by atoms with Crippen LogP contribution in [0.3, 0.4) is 0 Å². The van der Waals surface area contributed by atoms with E-state index in [0.29, 0.717) is 5.92 Å². The minimum Gasteiger partial charge on any atom is -0.377 e. The first-order valence-corrected chi connectivity index (χ1v) is 9.77. The molecule has 0 aromatic heterocycles. The van der Waals surface area contributed by atoms with Gasteiger partial charge < -0.3 is 15.4 Å². The summed E-state index contributed by atoms with van der Waals surface area (Å²) < 4.78 is 5.44. The first-order chi connectivity index (χ1) is 12.4. The number of likely N-dealkylation sites (tertiary alicyclic amines) is 1. The van der Waals surface area contributed by atoms with Gasteiger partial charge in [0.05, 0.1) is 5.60 Å². The van der Waals surface area contributed by atoms with E-state index in [0.717, 1.165) is 43.7 Å². The lowest BCUT2D eigenvalue weighted by molar-refractivity contribution is 0.0268. The van der Waals surface area contributed by atoms with Crippen molar-refractivity contribution in [2.45, 2.75) is 38.8 Å². The molecule has 146 valence electrons. The highest BCUT2D eigenvalue weighted by Gasteiger charge is 2.21. The Labute approximate surface area is 163 Å². The fourth-order valence-corrected chi connectivity index (χ4v) is 3.24. The van der Waals surface area contributed by atoms with Crippen molar-refractivity contribution >= 4 is 17.6 Å². The fourth-order valence-electron chi connectivity index (χ4n) is 3.05. The van der Waals surface area contributed by atoms with Crippen molar-refractivity contribution in [1.29, 1.82) is 0 Å². The number of aliphatic imine (C=N–C) groups is 1. The Balaban J connectivity index is 1.70. The van der Waals surface area contributed by atoms with E-state index < -0.39 is 0 Å². The molecule has 1 aliphatic rings. The van der Waals surface area contributed by atoms with Gasteiger partial charge in [0, 0.05) is 38.8 Å². The van der Waals surface area contributed by atoms with Gasteiger partial charge in [-0.1, -0.05) is 29.8 Å². The summed E-state index contributed by atoms with van der Waals surface area (Å²) >= 11 is 6.28. The van der Waals surface area contributed by atoms with Crippen LogP contribution in [0.2, 0.25) is 5.02 Å². The van der Waals surface area contributed by atoms with Gasteiger partial charge in [-0.3, -0.25) is 9.89 Å². The molecule has 0 spiro atoms. The average molecular weight is 381 g/mol. The zero-order valence-corrected chi connectivity index (χ0v) is 17.3. The molecule has 0 atom stereocenters. The van der Waals surface area contributed by atoms with Crippen molar-refractivity contribution in [3.05, 3.63) is 34.9 Å². The number of guanidine groups is 1. The summed E-state index contributed by atoms with van der Waals surface area (Å²) in [6, 6.07) is 8.13. The highest BCUT2D eigenvalue weighted by molar-refractivity contribution is 6.31. The molecule has 0 saturated carbocycles. The Kier molecular flexibility index (Phi) is 8.19. The van der Waals surface area contributed by atoms with Gasteiger partial charge >= 0.3 is 0 Å². The number of hydrogen-bond acceptors (Lipinski definition) is 3. The standard InChI is InChI=1S/C20H33ClN4O/c1-20(2,26-4)15-24-19(22-3)23-13-16-9-11-25(12-10-16)14-17-7-5-6-8-18(17)21/h5-8,16H,9-15H2,1-4H3,(H2,22,23,24). The minimum atomic E-state index is -0.207. The quantitative estimate of drug-likeness (QED) is 0.563. The molecular weight excluding hydrogens is 348 g/mol. The summed E-state index contributed by atoms with van der Waals surface area (Å²) in [5.41, 5.74) is 1.01. The van der Waals surface area contributed by atoms with Crippen LogP contribution >= 0.6 is 11.6 Å². The largest absolute Gasteiger partial charge is 0.377 e. The Bertz CT molecular complexity index is 583. The third-order valence-electron chi connectivity index (χ3n) is 5.07. The molecule has 1 heterocycles. The zero-order valence-electron chi connectivity index (χ0n) is 16.5. The van der Waals surface area contributed by atoms with Gasteiger partial charge in [0.25, 0.3) is 0 Å². The van der Waals surface area contributed by atoms with Gasteiger partial charge in [-0.15, -0.1) is 0 Å². The molecule has 1 aromatic rings. The number of nitrogens with one attached hydrogen (secondary N) is 2. The van der Waals surface area contributed by atoms with E-state index >= 15 is 0 Å². The monoisotopic (exact) mass is 380 g/mol. The molecule has 0 radical (unpaired) electrons. The first-order valence-electron chi connectivity index (χ1n) is 9.39. The van der Waals surface area contributed by atoms with Crippen molar-refractivity contribution in [2.24, 2.45) is 10.9 Å². The summed E-state index contributed by atoms with van der Waals surface area (Å²) in [5, 5.41) is 7.66. The topological polar surface area (TPSA) is 48.9 Å². The third-order valence-corrected chi connectivity index (χ3v) is 5.44. The van der Waals surface area contributed by atoms with Crippen LogP contribution in [0.25, 0.3) is 0 Å². The molecule has 1 saturated heterocycles. The Hall–Kier alpha value is -1.30. The maximum Gasteiger partial charge on any atom is 0.191 e. The van der Waals surface area contributed by atoms with Crippen LogP contribution in [0, 0.1) is 5.92 Å². The SMILES string of the molecule is CN=C(NCC1CCN(Cc2ccccc2Cl)CC1)NCC(C)(C)OC. The van der Waals surface area contributed by atoms with Crippen molar-refractivity contribution in [3.63, 3.8) is 0 Å². The Morgan fingerprint density at radius 1 is 1.27 bits per heavy atom. The van der Waals surface area contributed by atoms with E-state index in [1.807, 2.05) is 12.1 Å². The van der Waals surface area contributed by atoms with Crippen molar-refractivity contribution in [2.75, 3.05) is 40.3 Å². The van der Waals surface area contributed by atoms with E-state index in [9.17, 15) is 0 Å². The van der Waals surface area contributed by atoms with Crippen molar-refractivity contribution < 1.29 is 4.74 Å². The van der Waals surface area contributed by atoms with Crippen LogP contribution in [-0.2, 0) is 11.3 Å². The maximum atomic E-state index is 6.28. The van der Waals surface area contributed by atoms with Crippen LogP contribution in [0.15, 0.2) is 29.3 Å². The minimum absolute atomic E-state index is 0.207. The van der Waals surface area contributed by atoms with Crippen LogP contribution in [-0.4, -0.2) is 56.8 Å². The fraction of sp³-hybridized carbons (Fsp3) is 0.650. The second kappa shape index (κ2) is 10.1. The first kappa shape index (κ1) is 21.0. The lowest BCUT2D eigenvalue weighted by atomic mass is 9.96. The molecule has 5 nitrogen and oxygen atoms in total. The predicted octanol–water partition coefficient (Wildman–Crippen LogP) is 3.14. The summed E-state index contributed by atoms with van der Waals surface area (Å²) in [4.78, 5) is 6.80. The summed E-state index contributed by atoms with van der Waals surface area (Å²) in [7, 11) is 3.54. The van der Waals surface area contributed by atoms with E-state index in [-0.39, 0.29) is 5.60 Å². The summed E-state index contributed by atoms with van der Waals surface area (Å²) in [6.07, 6.45) is 2.38. The van der Waals surface area contributed by atoms with Gasteiger partial charge in [0.2, 0.25) is 0 Å². The molecular formula is C20H33ClN4O. The van der Waals surface area contributed by atoms with E-state index in [1.165, 1.54) is 18.4 Å². The van der Waals surface area contributed by atoms with Crippen LogP contribution < -0.4 is 10.6 Å². The number of methoxy groups -OCH3 is 1. The lowest BCUT2D eigenvalue weighted by Crippen LogP contribution is -2.47. The van der Waals surface area contributed by atoms with Crippen LogP contribution in [0.4, 0.5) is 0 Å². The lowest BCUT2D eigenvalue weighted by Gasteiger charge is -2.32. The van der Waals surface area contributed by atoms with E-state index in [2.05, 4.69) is 46.5 Å². The van der Waals surface area contributed by atoms with Gasteiger partial charge in [-0.25, -0.2) is 0 Å². The summed E-state index contributed by atoms with van der Waals surface area (Å²) in [6.45, 7) is 8.95. The smallest absolute Gasteiger partial charge is 0.191 e. The molecule has 1 aliphatic heterocycles. The number of nitrogens with zero attached hydrogens (tertiary/aromatic N) is 2. The number of hydrogen-bond donors (Lipinski definition) is 2. The highest BCUT2D eigenvalue weighted by Crippen LogP contribution is 2.21. The number of rotatable bonds is 7. The number of piperidine rings is 1. The summed E-state index contributed by atoms with van der Waals surface area (Å²) in [5.74, 6) is 1.51. The zero-order chi connectivity index (χ0) is 19.0. The third kappa shape index (κ3) is 6.78. The van der Waals surface area contributed by atoms with Gasteiger partial charge in [0.15, 0.2) is 5.96 Å². The molecule has 0 bridgehead atoms. The van der Waals surface area contributed by atoms with Gasteiger partial charge in [-0.05, 0) is 57.3 Å². The number of halogens is 1.